The lowest BCUT2D eigenvalue weighted by molar-refractivity contribution is 0.0349. The first kappa shape index (κ1) is 24.0. The van der Waals surface area contributed by atoms with Gasteiger partial charge < -0.3 is 24.8 Å². The highest BCUT2D eigenvalue weighted by Gasteiger charge is 2.24. The number of hydrogen-bond acceptors (Lipinski definition) is 6. The number of carboxylic acids is 1. The molecule has 8 heteroatoms. The summed E-state index contributed by atoms with van der Waals surface area (Å²) in [4.78, 5) is 29.2. The maximum Gasteiger partial charge on any atom is 0.337 e. The first-order chi connectivity index (χ1) is 16.5. The molecule has 2 aromatic rings. The smallest absolute Gasteiger partial charge is 0.337 e. The van der Waals surface area contributed by atoms with E-state index in [0.717, 1.165) is 58.8 Å². The van der Waals surface area contributed by atoms with Gasteiger partial charge >= 0.3 is 5.97 Å². The molecule has 4 rings (SSSR count). The average molecular weight is 468 g/mol. The van der Waals surface area contributed by atoms with Crippen LogP contribution in [0.3, 0.4) is 0 Å². The van der Waals surface area contributed by atoms with Crippen LogP contribution < -0.4 is 15.0 Å². The first-order valence-corrected chi connectivity index (χ1v) is 11.9. The minimum atomic E-state index is -0.995. The molecule has 0 saturated carbocycles. The summed E-state index contributed by atoms with van der Waals surface area (Å²) in [7, 11) is 1.57. The van der Waals surface area contributed by atoms with Crippen LogP contribution in [0.4, 0.5) is 11.4 Å². The van der Waals surface area contributed by atoms with Crippen molar-refractivity contribution in [2.24, 2.45) is 5.92 Å². The van der Waals surface area contributed by atoms with Crippen LogP contribution in [-0.2, 0) is 4.74 Å². The van der Waals surface area contributed by atoms with Crippen LogP contribution in [-0.4, -0.2) is 74.9 Å². The van der Waals surface area contributed by atoms with Crippen LogP contribution in [0.5, 0.6) is 5.75 Å². The van der Waals surface area contributed by atoms with Gasteiger partial charge in [-0.25, -0.2) is 4.79 Å². The van der Waals surface area contributed by atoms with Crippen molar-refractivity contribution < 1.29 is 24.2 Å². The number of nitrogens with zero attached hydrogens (tertiary/aromatic N) is 2. The number of morpholine rings is 1. The molecule has 2 saturated heterocycles. The molecular weight excluding hydrogens is 434 g/mol. The van der Waals surface area contributed by atoms with Gasteiger partial charge in [0.05, 0.1) is 31.6 Å². The van der Waals surface area contributed by atoms with E-state index in [-0.39, 0.29) is 11.5 Å². The van der Waals surface area contributed by atoms with E-state index >= 15 is 0 Å². The topological polar surface area (TPSA) is 91.3 Å². The number of hydrogen-bond donors (Lipinski definition) is 2. The molecule has 34 heavy (non-hydrogen) atoms. The average Bonchev–Trinajstić information content (AvgIpc) is 2.88. The summed E-state index contributed by atoms with van der Waals surface area (Å²) in [6.45, 7) is 6.47. The number of aromatic carboxylic acids is 1. The van der Waals surface area contributed by atoms with Gasteiger partial charge in [0.1, 0.15) is 5.75 Å². The third-order valence-corrected chi connectivity index (χ3v) is 6.75. The van der Waals surface area contributed by atoms with Crippen molar-refractivity contribution in [2.45, 2.75) is 19.3 Å². The Balaban J connectivity index is 1.36. The molecule has 0 bridgehead atoms. The molecule has 2 aliphatic heterocycles. The number of carbonyl (C=O) groups excluding carboxylic acids is 1. The number of carboxylic acid groups (broad SMARTS) is 1. The Kier molecular flexibility index (Phi) is 8.03. The van der Waals surface area contributed by atoms with Crippen LogP contribution in [0.2, 0.25) is 0 Å². The highest BCUT2D eigenvalue weighted by atomic mass is 16.5. The molecule has 2 fully saturated rings. The predicted molar refractivity (Wildman–Crippen MR) is 131 cm³/mol. The number of ether oxygens (including phenoxy) is 2. The lowest BCUT2D eigenvalue weighted by atomic mass is 9.92. The fourth-order valence-corrected chi connectivity index (χ4v) is 4.66. The largest absolute Gasteiger partial charge is 0.497 e. The quantitative estimate of drug-likeness (QED) is 0.613. The number of anilines is 2. The van der Waals surface area contributed by atoms with Crippen molar-refractivity contribution in [3.05, 3.63) is 53.6 Å². The number of benzene rings is 2. The molecule has 2 N–H and O–H groups in total. The molecule has 8 nitrogen and oxygen atoms in total. The van der Waals surface area contributed by atoms with Crippen molar-refractivity contribution in [3.63, 3.8) is 0 Å². The molecular formula is C26H33N3O5. The van der Waals surface area contributed by atoms with E-state index in [4.69, 9.17) is 9.47 Å². The van der Waals surface area contributed by atoms with Gasteiger partial charge in [-0.15, -0.1) is 0 Å². The fraction of sp³-hybridized carbons (Fsp3) is 0.462. The van der Waals surface area contributed by atoms with Gasteiger partial charge in [0.15, 0.2) is 0 Å². The number of piperidine rings is 1. The van der Waals surface area contributed by atoms with Gasteiger partial charge in [-0.3, -0.25) is 9.69 Å². The molecule has 0 unspecified atom stereocenters. The Labute approximate surface area is 200 Å². The fourth-order valence-electron chi connectivity index (χ4n) is 4.66. The summed E-state index contributed by atoms with van der Waals surface area (Å²) >= 11 is 0. The summed E-state index contributed by atoms with van der Waals surface area (Å²) in [5, 5.41) is 12.6. The van der Waals surface area contributed by atoms with E-state index in [0.29, 0.717) is 28.6 Å². The summed E-state index contributed by atoms with van der Waals surface area (Å²) in [6.07, 6.45) is 3.29. The molecule has 182 valence electrons. The molecule has 2 aromatic carbocycles. The number of rotatable bonds is 8. The summed E-state index contributed by atoms with van der Waals surface area (Å²) in [6, 6.07) is 11.9. The molecule has 2 aliphatic rings. The van der Waals surface area contributed by atoms with Crippen LogP contribution in [0.25, 0.3) is 0 Å². The number of carbonyl (C=O) groups is 2. The van der Waals surface area contributed by atoms with E-state index in [1.54, 1.807) is 49.6 Å². The Bertz CT molecular complexity index is 980. The zero-order chi connectivity index (χ0) is 23.9. The summed E-state index contributed by atoms with van der Waals surface area (Å²) < 4.78 is 10.5. The molecule has 0 aliphatic carbocycles. The molecule has 1 amide bonds. The van der Waals surface area contributed by atoms with E-state index < -0.39 is 5.97 Å². The van der Waals surface area contributed by atoms with Gasteiger partial charge in [0.25, 0.3) is 5.91 Å². The van der Waals surface area contributed by atoms with Gasteiger partial charge in [0, 0.05) is 37.4 Å². The van der Waals surface area contributed by atoms with E-state index in [1.165, 1.54) is 6.42 Å². The highest BCUT2D eigenvalue weighted by molar-refractivity contribution is 6.05. The second kappa shape index (κ2) is 11.4. The van der Waals surface area contributed by atoms with Crippen LogP contribution in [0, 0.1) is 5.92 Å². The second-order valence-corrected chi connectivity index (χ2v) is 8.89. The van der Waals surface area contributed by atoms with Crippen LogP contribution >= 0.6 is 0 Å². The Morgan fingerprint density at radius 1 is 1.06 bits per heavy atom. The predicted octanol–water partition coefficient (Wildman–Crippen LogP) is 3.58. The third-order valence-electron chi connectivity index (χ3n) is 6.75. The monoisotopic (exact) mass is 467 g/mol. The first-order valence-electron chi connectivity index (χ1n) is 11.9. The summed E-state index contributed by atoms with van der Waals surface area (Å²) in [5.74, 6) is 0.0344. The molecule has 0 spiro atoms. The Hall–Kier alpha value is -3.10. The van der Waals surface area contributed by atoms with E-state index in [2.05, 4.69) is 15.1 Å². The van der Waals surface area contributed by atoms with Crippen LogP contribution in [0.1, 0.15) is 40.0 Å². The van der Waals surface area contributed by atoms with E-state index in [1.807, 2.05) is 0 Å². The molecule has 0 atom stereocenters. The van der Waals surface area contributed by atoms with Crippen molar-refractivity contribution in [2.75, 3.05) is 63.3 Å². The Morgan fingerprint density at radius 3 is 2.41 bits per heavy atom. The SMILES string of the molecule is COc1ccc(C(=O)Nc2ccc(N3CCC(CCN4CCOCC4)CC3)c(C(=O)O)c2)cc1. The molecule has 2 heterocycles. The van der Waals surface area contributed by atoms with Crippen molar-refractivity contribution in [1.29, 1.82) is 0 Å². The van der Waals surface area contributed by atoms with Gasteiger partial charge in [-0.2, -0.15) is 0 Å². The number of amides is 1. The number of nitrogens with one attached hydrogen (secondary N) is 1. The maximum absolute atomic E-state index is 12.6. The standard InChI is InChI=1S/C26H33N3O5/c1-33-22-5-2-20(3-6-22)25(30)27-21-4-7-24(23(18-21)26(31)32)29-12-9-19(10-13-29)8-11-28-14-16-34-17-15-28/h2-7,18-19H,8-17H2,1H3,(H,27,30)(H,31,32). The highest BCUT2D eigenvalue weighted by Crippen LogP contribution is 2.30. The van der Waals surface area contributed by atoms with Crippen molar-refractivity contribution >= 4 is 23.3 Å². The van der Waals surface area contributed by atoms with Crippen LogP contribution in [0.15, 0.2) is 42.5 Å². The zero-order valence-corrected chi connectivity index (χ0v) is 19.7. The van der Waals surface area contributed by atoms with Crippen molar-refractivity contribution in [1.82, 2.24) is 4.90 Å². The summed E-state index contributed by atoms with van der Waals surface area (Å²) in [5.41, 5.74) is 1.85. The van der Waals surface area contributed by atoms with E-state index in [9.17, 15) is 14.7 Å². The minimum Gasteiger partial charge on any atom is -0.497 e. The van der Waals surface area contributed by atoms with Crippen molar-refractivity contribution in [3.8, 4) is 5.75 Å². The normalized spacial score (nSPS) is 17.4. The Morgan fingerprint density at radius 2 is 1.76 bits per heavy atom. The number of methoxy groups -OCH3 is 1. The van der Waals surface area contributed by atoms with Gasteiger partial charge in [0.2, 0.25) is 0 Å². The minimum absolute atomic E-state index is 0.208. The molecule has 0 radical (unpaired) electrons. The van der Waals surface area contributed by atoms with Gasteiger partial charge in [-0.05, 0) is 74.2 Å². The maximum atomic E-state index is 12.6. The third kappa shape index (κ3) is 6.07. The lowest BCUT2D eigenvalue weighted by Gasteiger charge is -2.35. The molecule has 0 aromatic heterocycles. The van der Waals surface area contributed by atoms with Gasteiger partial charge in [-0.1, -0.05) is 0 Å². The second-order valence-electron chi connectivity index (χ2n) is 8.89. The lowest BCUT2D eigenvalue weighted by Crippen LogP contribution is -2.39. The zero-order valence-electron chi connectivity index (χ0n) is 19.7.